The minimum absolute atomic E-state index is 0.159. The topological polar surface area (TPSA) is 59.1 Å². The molecule has 1 heterocycles. The van der Waals surface area contributed by atoms with Crippen LogP contribution in [-0.4, -0.2) is 16.7 Å². The van der Waals surface area contributed by atoms with Crippen LogP contribution in [0, 0.1) is 5.41 Å². The molecular weight excluding hydrogens is 264 g/mol. The average molecular weight is 282 g/mol. The summed E-state index contributed by atoms with van der Waals surface area (Å²) in [4.78, 5) is 28.7. The molecule has 0 bridgehead atoms. The maximum absolute atomic E-state index is 12.5. The molecule has 0 unspecified atom stereocenters. The first-order valence-electron chi connectivity index (χ1n) is 6.76. The highest BCUT2D eigenvalue weighted by atomic mass is 16.2. The van der Waals surface area contributed by atoms with Crippen LogP contribution < -0.4 is 5.32 Å². The third-order valence-corrected chi connectivity index (χ3v) is 3.00. The number of pyridine rings is 1. The van der Waals surface area contributed by atoms with Crippen LogP contribution in [0.25, 0.3) is 0 Å². The molecule has 4 heteroatoms. The first-order valence-corrected chi connectivity index (χ1v) is 6.76. The number of hydrogen-bond donors (Lipinski definition) is 1. The van der Waals surface area contributed by atoms with Gasteiger partial charge in [0.2, 0.25) is 5.91 Å². The molecule has 4 nitrogen and oxygen atoms in total. The van der Waals surface area contributed by atoms with Gasteiger partial charge in [0.05, 0.1) is 5.56 Å². The van der Waals surface area contributed by atoms with E-state index < -0.39 is 5.41 Å². The Kier molecular flexibility index (Phi) is 4.17. The zero-order valence-electron chi connectivity index (χ0n) is 12.4. The summed E-state index contributed by atoms with van der Waals surface area (Å²) in [5.74, 6) is -0.0394. The van der Waals surface area contributed by atoms with Crippen molar-refractivity contribution < 1.29 is 9.59 Å². The van der Waals surface area contributed by atoms with Gasteiger partial charge >= 0.3 is 0 Å². The molecule has 1 amide bonds. The van der Waals surface area contributed by atoms with Gasteiger partial charge in [-0.05, 0) is 12.1 Å². The Bertz CT molecular complexity index is 658. The molecule has 21 heavy (non-hydrogen) atoms. The highest BCUT2D eigenvalue weighted by molar-refractivity contribution is 6.13. The fourth-order valence-corrected chi connectivity index (χ4v) is 1.73. The Labute approximate surface area is 124 Å². The highest BCUT2D eigenvalue weighted by Gasteiger charge is 2.24. The molecule has 0 atom stereocenters. The van der Waals surface area contributed by atoms with Crippen molar-refractivity contribution in [2.45, 2.75) is 20.8 Å². The van der Waals surface area contributed by atoms with Gasteiger partial charge in [0.15, 0.2) is 5.78 Å². The van der Waals surface area contributed by atoms with Crippen LogP contribution in [0.5, 0.6) is 0 Å². The standard InChI is InChI=1S/C17H18N2O2/c1-17(2,3)16(21)19-15-13(10-7-11-18-15)14(20)12-8-5-4-6-9-12/h4-11H,1-3H3,(H,18,19,21). The van der Waals surface area contributed by atoms with Gasteiger partial charge in [0.25, 0.3) is 0 Å². The summed E-state index contributed by atoms with van der Waals surface area (Å²) in [6.45, 7) is 5.43. The van der Waals surface area contributed by atoms with E-state index in [0.717, 1.165) is 0 Å². The number of hydrogen-bond acceptors (Lipinski definition) is 3. The van der Waals surface area contributed by atoms with E-state index in [1.54, 1.807) is 42.6 Å². The van der Waals surface area contributed by atoms with Crippen LogP contribution in [0.4, 0.5) is 5.82 Å². The van der Waals surface area contributed by atoms with Crippen LogP contribution in [0.2, 0.25) is 0 Å². The van der Waals surface area contributed by atoms with Crippen molar-refractivity contribution in [3.63, 3.8) is 0 Å². The van der Waals surface area contributed by atoms with Crippen molar-refractivity contribution in [1.29, 1.82) is 0 Å². The van der Waals surface area contributed by atoms with E-state index in [1.807, 2.05) is 26.8 Å². The number of nitrogens with one attached hydrogen (secondary N) is 1. The summed E-state index contributed by atoms with van der Waals surface area (Å²) in [6, 6.07) is 12.3. The smallest absolute Gasteiger partial charge is 0.230 e. The Balaban J connectivity index is 2.34. The molecule has 0 aliphatic rings. The molecule has 0 radical (unpaired) electrons. The molecule has 1 aromatic heterocycles. The van der Waals surface area contributed by atoms with E-state index in [4.69, 9.17) is 0 Å². The summed E-state index contributed by atoms with van der Waals surface area (Å²) < 4.78 is 0. The van der Waals surface area contributed by atoms with E-state index in [2.05, 4.69) is 10.3 Å². The van der Waals surface area contributed by atoms with Crippen LogP contribution >= 0.6 is 0 Å². The fourth-order valence-electron chi connectivity index (χ4n) is 1.73. The Morgan fingerprint density at radius 3 is 2.29 bits per heavy atom. The molecule has 0 aliphatic carbocycles. The lowest BCUT2D eigenvalue weighted by molar-refractivity contribution is -0.123. The second kappa shape index (κ2) is 5.87. The highest BCUT2D eigenvalue weighted by Crippen LogP contribution is 2.20. The van der Waals surface area contributed by atoms with Crippen molar-refractivity contribution in [1.82, 2.24) is 4.98 Å². The molecule has 1 aromatic carbocycles. The summed E-state index contributed by atoms with van der Waals surface area (Å²) in [7, 11) is 0. The second-order valence-electron chi connectivity index (χ2n) is 5.80. The summed E-state index contributed by atoms with van der Waals surface area (Å²) in [5.41, 5.74) is 0.406. The van der Waals surface area contributed by atoms with E-state index in [0.29, 0.717) is 16.9 Å². The van der Waals surface area contributed by atoms with Crippen LogP contribution in [0.3, 0.4) is 0 Å². The molecule has 0 fully saturated rings. The summed E-state index contributed by atoms with van der Waals surface area (Å²) in [5, 5.41) is 2.73. The van der Waals surface area contributed by atoms with Gasteiger partial charge in [-0.25, -0.2) is 4.98 Å². The van der Waals surface area contributed by atoms with Crippen molar-refractivity contribution in [3.05, 3.63) is 59.8 Å². The third-order valence-electron chi connectivity index (χ3n) is 3.00. The van der Waals surface area contributed by atoms with Crippen molar-refractivity contribution >= 4 is 17.5 Å². The van der Waals surface area contributed by atoms with Gasteiger partial charge < -0.3 is 5.32 Å². The number of rotatable bonds is 3. The number of aromatic nitrogens is 1. The first-order chi connectivity index (χ1) is 9.89. The normalized spacial score (nSPS) is 11.0. The zero-order chi connectivity index (χ0) is 15.5. The number of amides is 1. The van der Waals surface area contributed by atoms with Crippen LogP contribution in [0.1, 0.15) is 36.7 Å². The number of benzene rings is 1. The molecule has 0 aliphatic heterocycles. The number of carbonyl (C=O) groups is 2. The Morgan fingerprint density at radius 2 is 1.67 bits per heavy atom. The lowest BCUT2D eigenvalue weighted by Gasteiger charge is -2.18. The number of nitrogens with zero attached hydrogens (tertiary/aromatic N) is 1. The van der Waals surface area contributed by atoms with Crippen LogP contribution in [-0.2, 0) is 4.79 Å². The fraction of sp³-hybridized carbons (Fsp3) is 0.235. The average Bonchev–Trinajstić information content (AvgIpc) is 2.47. The van der Waals surface area contributed by atoms with Crippen molar-refractivity contribution in [2.24, 2.45) is 5.41 Å². The van der Waals surface area contributed by atoms with Gasteiger partial charge in [0.1, 0.15) is 5.82 Å². The monoisotopic (exact) mass is 282 g/mol. The molecule has 108 valence electrons. The van der Waals surface area contributed by atoms with E-state index in [-0.39, 0.29) is 11.7 Å². The Morgan fingerprint density at radius 1 is 1.00 bits per heavy atom. The third kappa shape index (κ3) is 3.54. The zero-order valence-corrected chi connectivity index (χ0v) is 12.4. The van der Waals surface area contributed by atoms with E-state index in [1.165, 1.54) is 0 Å². The minimum Gasteiger partial charge on any atom is -0.310 e. The van der Waals surface area contributed by atoms with Gasteiger partial charge in [-0.1, -0.05) is 51.1 Å². The van der Waals surface area contributed by atoms with Gasteiger partial charge in [0, 0.05) is 17.2 Å². The van der Waals surface area contributed by atoms with Crippen molar-refractivity contribution in [3.8, 4) is 0 Å². The lowest BCUT2D eigenvalue weighted by atomic mass is 9.95. The van der Waals surface area contributed by atoms with E-state index >= 15 is 0 Å². The largest absolute Gasteiger partial charge is 0.310 e. The lowest BCUT2D eigenvalue weighted by Crippen LogP contribution is -2.29. The van der Waals surface area contributed by atoms with Gasteiger partial charge in [-0.2, -0.15) is 0 Å². The SMILES string of the molecule is CC(C)(C)C(=O)Nc1ncccc1C(=O)c1ccccc1. The predicted octanol–water partition coefficient (Wildman–Crippen LogP) is 3.30. The predicted molar refractivity (Wildman–Crippen MR) is 82.2 cm³/mol. The molecule has 0 spiro atoms. The molecular formula is C17H18N2O2. The van der Waals surface area contributed by atoms with Gasteiger partial charge in [-0.15, -0.1) is 0 Å². The molecule has 0 saturated heterocycles. The molecule has 2 aromatic rings. The van der Waals surface area contributed by atoms with Crippen molar-refractivity contribution in [2.75, 3.05) is 5.32 Å². The van der Waals surface area contributed by atoms with Crippen LogP contribution in [0.15, 0.2) is 48.7 Å². The molecule has 2 rings (SSSR count). The summed E-state index contributed by atoms with van der Waals surface area (Å²) >= 11 is 0. The molecule has 0 saturated carbocycles. The number of carbonyl (C=O) groups excluding carboxylic acids is 2. The number of anilines is 1. The van der Waals surface area contributed by atoms with Gasteiger partial charge in [-0.3, -0.25) is 9.59 Å². The molecule has 1 N–H and O–H groups in total. The maximum atomic E-state index is 12.5. The second-order valence-corrected chi connectivity index (χ2v) is 5.80. The summed E-state index contributed by atoms with van der Waals surface area (Å²) in [6.07, 6.45) is 1.56. The first kappa shape index (κ1) is 14.9. The van der Waals surface area contributed by atoms with E-state index in [9.17, 15) is 9.59 Å². The number of ketones is 1. The quantitative estimate of drug-likeness (QED) is 0.879. The Hall–Kier alpha value is -2.49. The minimum atomic E-state index is -0.551. The maximum Gasteiger partial charge on any atom is 0.230 e.